The van der Waals surface area contributed by atoms with E-state index in [4.69, 9.17) is 32.7 Å². The molecule has 1 aromatic heterocycles. The van der Waals surface area contributed by atoms with Crippen LogP contribution in [0, 0.1) is 0 Å². The van der Waals surface area contributed by atoms with Crippen molar-refractivity contribution in [2.45, 2.75) is 36.3 Å². The van der Waals surface area contributed by atoms with Crippen LogP contribution in [0.4, 0.5) is 8.78 Å². The van der Waals surface area contributed by atoms with Gasteiger partial charge in [0.05, 0.1) is 28.9 Å². The number of halogens is 4. The Morgan fingerprint density at radius 2 is 1.84 bits per heavy atom. The predicted octanol–water partition coefficient (Wildman–Crippen LogP) is 2.77. The number of methoxy groups -OCH3 is 1. The summed E-state index contributed by atoms with van der Waals surface area (Å²) in [6.45, 7) is 0. The van der Waals surface area contributed by atoms with Crippen LogP contribution in [-0.4, -0.2) is 47.5 Å². The van der Waals surface area contributed by atoms with Crippen LogP contribution in [0.5, 0.6) is 17.2 Å². The Balaban J connectivity index is 1.67. The van der Waals surface area contributed by atoms with Crippen LogP contribution in [0.25, 0.3) is 5.69 Å². The lowest BCUT2D eigenvalue weighted by Gasteiger charge is -2.31. The van der Waals surface area contributed by atoms with Gasteiger partial charge in [-0.25, -0.2) is 26.7 Å². The molecule has 0 aliphatic heterocycles. The Morgan fingerprint density at radius 1 is 1.19 bits per heavy atom. The molecule has 0 amide bonds. The highest BCUT2D eigenvalue weighted by Crippen LogP contribution is 2.39. The summed E-state index contributed by atoms with van der Waals surface area (Å²) in [5, 5.41) is 12.5. The van der Waals surface area contributed by atoms with E-state index in [0.717, 1.165) is 12.1 Å². The van der Waals surface area contributed by atoms with Gasteiger partial charge in [0, 0.05) is 12.1 Å². The van der Waals surface area contributed by atoms with Gasteiger partial charge in [-0.2, -0.15) is 9.78 Å². The molecule has 0 radical (unpaired) electrons. The van der Waals surface area contributed by atoms with Crippen molar-refractivity contribution in [3.8, 4) is 22.9 Å². The van der Waals surface area contributed by atoms with E-state index in [-0.39, 0.29) is 50.7 Å². The summed E-state index contributed by atoms with van der Waals surface area (Å²) in [7, 11) is -2.76. The molecule has 1 heterocycles. The van der Waals surface area contributed by atoms with E-state index >= 15 is 0 Å². The standard InChI is InChI=1S/C21H18Cl2F2N4O7S/c1-35-15-3-2-12(8-16(15)37(33,34)28-9-4-11(30)5-9)36-18-13(22)6-10(7-14(18)23)29-21(32)26-20(31)17(27-29)19(24)25/h2-3,6-9,11,19,28,30H,4-5H2,1H3,(H,26,31,32). The summed E-state index contributed by atoms with van der Waals surface area (Å²) >= 11 is 12.5. The average molecular weight is 579 g/mol. The fourth-order valence-corrected chi connectivity index (χ4v) is 5.51. The smallest absolute Gasteiger partial charge is 0.349 e. The second-order valence-corrected chi connectivity index (χ2v) is 10.5. The van der Waals surface area contributed by atoms with Gasteiger partial charge < -0.3 is 14.6 Å². The van der Waals surface area contributed by atoms with Crippen molar-refractivity contribution in [2.24, 2.45) is 0 Å². The van der Waals surface area contributed by atoms with Crippen molar-refractivity contribution >= 4 is 33.2 Å². The molecule has 1 aliphatic rings. The molecule has 4 rings (SSSR count). The van der Waals surface area contributed by atoms with Crippen LogP contribution in [0.15, 0.2) is 44.8 Å². The topological polar surface area (TPSA) is 153 Å². The number of ether oxygens (including phenoxy) is 2. The molecule has 0 spiro atoms. The Bertz CT molecular complexity index is 1550. The summed E-state index contributed by atoms with van der Waals surface area (Å²) < 4.78 is 65.7. The summed E-state index contributed by atoms with van der Waals surface area (Å²) in [5.74, 6) is -0.0986. The first-order valence-electron chi connectivity index (χ1n) is 10.5. The number of aromatic amines is 1. The number of alkyl halides is 2. The third-order valence-electron chi connectivity index (χ3n) is 5.37. The zero-order valence-corrected chi connectivity index (χ0v) is 21.1. The molecule has 0 bridgehead atoms. The van der Waals surface area contributed by atoms with E-state index in [0.29, 0.717) is 4.68 Å². The quantitative estimate of drug-likeness (QED) is 0.369. The third kappa shape index (κ3) is 5.62. The minimum Gasteiger partial charge on any atom is -0.495 e. The Labute approximate surface area is 217 Å². The summed E-state index contributed by atoms with van der Waals surface area (Å²) in [5.41, 5.74) is -3.76. The number of nitrogens with one attached hydrogen (secondary N) is 2. The second-order valence-electron chi connectivity index (χ2n) is 7.95. The number of hydrogen-bond donors (Lipinski definition) is 3. The lowest BCUT2D eigenvalue weighted by atomic mass is 9.91. The highest BCUT2D eigenvalue weighted by Gasteiger charge is 2.33. The molecule has 37 heavy (non-hydrogen) atoms. The molecule has 3 N–H and O–H groups in total. The molecule has 1 fully saturated rings. The van der Waals surface area contributed by atoms with Crippen LogP contribution in [0.3, 0.4) is 0 Å². The maximum atomic E-state index is 13.1. The molecular weight excluding hydrogens is 561 g/mol. The van der Waals surface area contributed by atoms with Crippen molar-refractivity contribution in [1.82, 2.24) is 19.5 Å². The maximum absolute atomic E-state index is 13.1. The van der Waals surface area contributed by atoms with Crippen molar-refractivity contribution in [1.29, 1.82) is 0 Å². The van der Waals surface area contributed by atoms with Crippen LogP contribution in [-0.2, 0) is 10.0 Å². The summed E-state index contributed by atoms with van der Waals surface area (Å²) in [6, 6.07) is 5.77. The summed E-state index contributed by atoms with van der Waals surface area (Å²) in [6.07, 6.45) is -3.25. The number of hydrogen-bond acceptors (Lipinski definition) is 8. The van der Waals surface area contributed by atoms with Gasteiger partial charge >= 0.3 is 5.69 Å². The largest absolute Gasteiger partial charge is 0.495 e. The highest BCUT2D eigenvalue weighted by atomic mass is 35.5. The number of aromatic nitrogens is 3. The minimum atomic E-state index is -4.05. The van der Waals surface area contributed by atoms with Gasteiger partial charge in [0.2, 0.25) is 10.0 Å². The molecule has 0 atom stereocenters. The number of benzene rings is 2. The van der Waals surface area contributed by atoms with Gasteiger partial charge in [0.15, 0.2) is 11.4 Å². The van der Waals surface area contributed by atoms with Gasteiger partial charge in [-0.15, -0.1) is 0 Å². The van der Waals surface area contributed by atoms with Gasteiger partial charge in [-0.1, -0.05) is 23.2 Å². The van der Waals surface area contributed by atoms with Crippen molar-refractivity contribution in [2.75, 3.05) is 7.11 Å². The lowest BCUT2D eigenvalue weighted by molar-refractivity contribution is 0.0712. The van der Waals surface area contributed by atoms with Crippen LogP contribution in [0.2, 0.25) is 10.0 Å². The van der Waals surface area contributed by atoms with Crippen LogP contribution >= 0.6 is 23.2 Å². The van der Waals surface area contributed by atoms with Gasteiger partial charge in [-0.05, 0) is 37.1 Å². The van der Waals surface area contributed by atoms with Gasteiger partial charge in [-0.3, -0.25) is 9.78 Å². The number of aliphatic hydroxyl groups excluding tert-OH is 1. The third-order valence-corrected chi connectivity index (χ3v) is 7.47. The molecule has 1 aliphatic carbocycles. The van der Waals surface area contributed by atoms with E-state index in [1.54, 1.807) is 4.98 Å². The Kier molecular flexibility index (Phi) is 7.57. The predicted molar refractivity (Wildman–Crippen MR) is 128 cm³/mol. The van der Waals surface area contributed by atoms with E-state index in [1.165, 1.54) is 25.3 Å². The molecule has 16 heteroatoms. The molecule has 198 valence electrons. The molecule has 1 saturated carbocycles. The molecule has 11 nitrogen and oxygen atoms in total. The van der Waals surface area contributed by atoms with E-state index in [2.05, 4.69) is 9.82 Å². The molecule has 3 aromatic rings. The van der Waals surface area contributed by atoms with Crippen molar-refractivity contribution < 1.29 is 31.8 Å². The molecular formula is C21H18Cl2F2N4O7S. The summed E-state index contributed by atoms with van der Waals surface area (Å²) in [4.78, 5) is 25.2. The van der Waals surface area contributed by atoms with Gasteiger partial charge in [0.1, 0.15) is 16.4 Å². The van der Waals surface area contributed by atoms with Gasteiger partial charge in [0.25, 0.3) is 12.0 Å². The molecule has 2 aromatic carbocycles. The van der Waals surface area contributed by atoms with Crippen molar-refractivity contribution in [3.63, 3.8) is 0 Å². The van der Waals surface area contributed by atoms with E-state index in [1.807, 2.05) is 0 Å². The second kappa shape index (κ2) is 10.4. The fourth-order valence-electron chi connectivity index (χ4n) is 3.51. The minimum absolute atomic E-state index is 0.00527. The van der Waals surface area contributed by atoms with Crippen LogP contribution < -0.4 is 25.4 Å². The zero-order chi connectivity index (χ0) is 27.1. The zero-order valence-electron chi connectivity index (χ0n) is 18.7. The Morgan fingerprint density at radius 3 is 2.41 bits per heavy atom. The highest BCUT2D eigenvalue weighted by molar-refractivity contribution is 7.89. The normalized spacial score (nSPS) is 17.5. The number of sulfonamides is 1. The fraction of sp³-hybridized carbons (Fsp3) is 0.286. The number of aliphatic hydroxyl groups is 1. The number of nitrogens with zero attached hydrogens (tertiary/aromatic N) is 2. The maximum Gasteiger partial charge on any atom is 0.349 e. The number of H-pyrrole nitrogens is 1. The average Bonchev–Trinajstić information content (AvgIpc) is 2.80. The lowest BCUT2D eigenvalue weighted by Crippen LogP contribution is -2.46. The van der Waals surface area contributed by atoms with Crippen molar-refractivity contribution in [3.05, 3.63) is 66.9 Å². The molecule has 0 unspecified atom stereocenters. The van der Waals surface area contributed by atoms with Crippen LogP contribution in [0.1, 0.15) is 25.0 Å². The van der Waals surface area contributed by atoms with E-state index in [9.17, 15) is 31.9 Å². The van der Waals surface area contributed by atoms with E-state index < -0.39 is 45.5 Å². The SMILES string of the molecule is COc1ccc(Oc2c(Cl)cc(-n3nc(C(F)F)c(=O)[nH]c3=O)cc2Cl)cc1S(=O)(=O)NC1CC(O)C1. The molecule has 0 saturated heterocycles. The first kappa shape index (κ1) is 27.0. The monoisotopic (exact) mass is 578 g/mol. The first-order chi connectivity index (χ1) is 17.4. The Hall–Kier alpha value is -3.04. The first-order valence-corrected chi connectivity index (χ1v) is 12.7. The number of rotatable bonds is 8.